The van der Waals surface area contributed by atoms with Crippen LogP contribution in [0.1, 0.15) is 107 Å². The van der Waals surface area contributed by atoms with Crippen LogP contribution in [-0.4, -0.2) is 79.6 Å². The van der Waals surface area contributed by atoms with Crippen molar-refractivity contribution < 1.29 is 74.9 Å². The fraction of sp³-hybridized carbons (Fsp3) is 0.340. The van der Waals surface area contributed by atoms with E-state index >= 15 is 0 Å². The highest BCUT2D eigenvalue weighted by Gasteiger charge is 2.39. The zero-order valence-corrected chi connectivity index (χ0v) is 40.7. The minimum Gasteiger partial charge on any atom is -0.497 e. The van der Waals surface area contributed by atoms with Crippen LogP contribution in [0.15, 0.2) is 114 Å². The summed E-state index contributed by atoms with van der Waals surface area (Å²) in [6.07, 6.45) is -3.15. The lowest BCUT2D eigenvalue weighted by Crippen LogP contribution is -2.49. The molecule has 2 unspecified atom stereocenters. The first-order valence-corrected chi connectivity index (χ1v) is 23.5. The number of ether oxygens (including phenoxy) is 4. The molecule has 4 amide bonds. The molecule has 17 nitrogen and oxygen atoms in total. The first-order valence-electron chi connectivity index (χ1n) is 23.5. The Kier molecular flexibility index (Phi) is 21.0. The molecule has 0 fully saturated rings. The maximum atomic E-state index is 13.9. The number of halogens is 3. The van der Waals surface area contributed by atoms with Crippen LogP contribution in [-0.2, 0) is 52.9 Å². The van der Waals surface area contributed by atoms with Crippen LogP contribution in [0.25, 0.3) is 11.3 Å². The Balaban J connectivity index is 1.24. The Morgan fingerprint density at radius 2 is 1.44 bits per heavy atom. The van der Waals surface area contributed by atoms with Gasteiger partial charge in [-0.1, -0.05) is 99.8 Å². The molecule has 4 aromatic carbocycles. The second-order valence-corrected chi connectivity index (χ2v) is 16.3. The molecule has 3 N–H and O–H groups in total. The third-order valence-corrected chi connectivity index (χ3v) is 11.3. The molecule has 3 atom stereocenters. The highest BCUT2D eigenvalue weighted by atomic mass is 19.4. The Morgan fingerprint density at radius 1 is 0.767 bits per heavy atom. The van der Waals surface area contributed by atoms with Crippen molar-refractivity contribution in [3.05, 3.63) is 143 Å². The van der Waals surface area contributed by atoms with Gasteiger partial charge >= 0.3 is 24.1 Å². The normalized spacial score (nSPS) is 12.3. The van der Waals surface area contributed by atoms with Crippen LogP contribution in [0, 0.1) is 5.92 Å². The number of benzene rings is 4. The molecule has 0 saturated carbocycles. The molecule has 73 heavy (non-hydrogen) atoms. The molecule has 5 aromatic rings. The second-order valence-electron chi connectivity index (χ2n) is 16.3. The maximum absolute atomic E-state index is 13.9. The second kappa shape index (κ2) is 27.4. The van der Waals surface area contributed by atoms with E-state index in [4.69, 9.17) is 28.2 Å². The van der Waals surface area contributed by atoms with Gasteiger partial charge in [-0.2, -0.15) is 18.2 Å². The molecule has 5 rings (SSSR count). The molecule has 0 spiro atoms. The summed E-state index contributed by atoms with van der Waals surface area (Å²) >= 11 is 0. The Labute approximate surface area is 419 Å². The molecular formula is C53H57F3N4O13. The Bertz CT molecular complexity index is 2660. The van der Waals surface area contributed by atoms with Crippen molar-refractivity contribution in [3.63, 3.8) is 0 Å². The first-order chi connectivity index (χ1) is 35.1. The van der Waals surface area contributed by atoms with Crippen LogP contribution in [0.3, 0.4) is 0 Å². The number of hydroxylamine groups is 2. The number of hydrogen-bond acceptors (Lipinski definition) is 13. The van der Waals surface area contributed by atoms with Gasteiger partial charge in [-0.25, -0.2) is 9.59 Å². The van der Waals surface area contributed by atoms with Crippen molar-refractivity contribution in [2.45, 2.75) is 90.8 Å². The molecule has 20 heteroatoms. The Hall–Kier alpha value is -8.16. The van der Waals surface area contributed by atoms with Crippen LogP contribution >= 0.6 is 0 Å². The topological polar surface area (TPSA) is 218 Å². The van der Waals surface area contributed by atoms with E-state index in [1.165, 1.54) is 30.3 Å². The molecular weight excluding hydrogens is 958 g/mol. The summed E-state index contributed by atoms with van der Waals surface area (Å²) in [6, 6.07) is 25.1. The van der Waals surface area contributed by atoms with E-state index in [0.717, 1.165) is 31.2 Å². The minimum atomic E-state index is -4.97. The molecule has 0 aliphatic carbocycles. The zero-order valence-electron chi connectivity index (χ0n) is 40.7. The molecule has 0 bridgehead atoms. The SMILES string of the molecule is CCCCCC(C(=O)NCNC(=O)c1ccc(-c2ccc(C(=O)NC(CC(=O)OCc3ccccc3)C(=O)OCc3ccccc3)c(OCC)c2)o1)[C@@H](CC)N(C=O)OC(=O)c1ccc(OC)cc1C(F)(F)F. The Morgan fingerprint density at radius 3 is 2.05 bits per heavy atom. The fourth-order valence-electron chi connectivity index (χ4n) is 7.53. The average molecular weight is 1020 g/mol. The lowest BCUT2D eigenvalue weighted by molar-refractivity contribution is -0.171. The summed E-state index contributed by atoms with van der Waals surface area (Å²) in [7, 11) is 1.16. The van der Waals surface area contributed by atoms with Gasteiger partial charge in [0.1, 0.15) is 36.5 Å². The summed E-state index contributed by atoms with van der Waals surface area (Å²) in [5.74, 6) is -6.33. The standard InChI is InChI=1S/C53H57F3N4O13/c1-5-8-11-20-39(43(6-2)60(33-61)73-51(66)38-24-22-37(68-4)28-41(38)53(54,55)56)48(63)57-32-58-50(65)45-26-25-44(72-45)36-21-23-40(46(27-36)69-7-3)49(64)59-42(52(67)71-31-35-18-14-10-15-19-35)29-47(62)70-30-34-16-12-9-13-17-34/h9-10,12-19,21-28,33,39,42-43H,5-8,11,20,29-32H2,1-4H3,(H,57,63)(H,58,65)(H,59,64)/t39?,42?,43-/m1/s1. The number of furan rings is 1. The van der Waals surface area contributed by atoms with Crippen molar-refractivity contribution >= 4 is 42.0 Å². The van der Waals surface area contributed by atoms with E-state index in [1.807, 2.05) is 13.0 Å². The van der Waals surface area contributed by atoms with E-state index < -0.39 is 84.0 Å². The number of nitrogens with one attached hydrogen (secondary N) is 3. The van der Waals surface area contributed by atoms with Gasteiger partial charge in [0, 0.05) is 5.56 Å². The molecule has 0 saturated heterocycles. The van der Waals surface area contributed by atoms with Gasteiger partial charge < -0.3 is 44.2 Å². The molecule has 1 heterocycles. The third-order valence-electron chi connectivity index (χ3n) is 11.3. The molecule has 1 aromatic heterocycles. The molecule has 0 aliphatic rings. The molecule has 0 aliphatic heterocycles. The van der Waals surface area contributed by atoms with Crippen molar-refractivity contribution in [3.8, 4) is 22.8 Å². The molecule has 388 valence electrons. The number of unbranched alkanes of at least 4 members (excludes halogenated alkanes) is 2. The van der Waals surface area contributed by atoms with E-state index in [-0.39, 0.29) is 67.7 Å². The van der Waals surface area contributed by atoms with E-state index in [9.17, 15) is 46.7 Å². The van der Waals surface area contributed by atoms with Crippen LogP contribution in [0.5, 0.6) is 11.5 Å². The smallest absolute Gasteiger partial charge is 0.417 e. The largest absolute Gasteiger partial charge is 0.497 e. The lowest BCUT2D eigenvalue weighted by Gasteiger charge is -2.32. The highest BCUT2D eigenvalue weighted by molar-refractivity contribution is 6.00. The molecule has 0 radical (unpaired) electrons. The number of amides is 4. The summed E-state index contributed by atoms with van der Waals surface area (Å²) in [4.78, 5) is 97.8. The number of esters is 2. The maximum Gasteiger partial charge on any atom is 0.417 e. The van der Waals surface area contributed by atoms with Gasteiger partial charge in [0.15, 0.2) is 5.76 Å². The summed E-state index contributed by atoms with van der Waals surface area (Å²) < 4.78 is 69.2. The van der Waals surface area contributed by atoms with Crippen molar-refractivity contribution in [2.24, 2.45) is 5.92 Å². The van der Waals surface area contributed by atoms with Gasteiger partial charge in [-0.15, -0.1) is 0 Å². The van der Waals surface area contributed by atoms with Crippen LogP contribution in [0.2, 0.25) is 0 Å². The number of carbonyl (C=O) groups is 7. The van der Waals surface area contributed by atoms with Crippen LogP contribution < -0.4 is 25.4 Å². The average Bonchev–Trinajstić information content (AvgIpc) is 3.90. The predicted molar refractivity (Wildman–Crippen MR) is 257 cm³/mol. The van der Waals surface area contributed by atoms with Gasteiger partial charge in [-0.05, 0) is 73.4 Å². The number of alkyl halides is 3. The van der Waals surface area contributed by atoms with Crippen molar-refractivity contribution in [1.82, 2.24) is 21.0 Å². The highest BCUT2D eigenvalue weighted by Crippen LogP contribution is 2.35. The number of methoxy groups -OCH3 is 1. The van der Waals surface area contributed by atoms with E-state index in [2.05, 4.69) is 16.0 Å². The fourth-order valence-corrected chi connectivity index (χ4v) is 7.53. The van der Waals surface area contributed by atoms with Gasteiger partial charge in [0.05, 0.1) is 55.5 Å². The zero-order chi connectivity index (χ0) is 52.9. The third kappa shape index (κ3) is 16.2. The van der Waals surface area contributed by atoms with Gasteiger partial charge in [-0.3, -0.25) is 24.0 Å². The predicted octanol–water partition coefficient (Wildman–Crippen LogP) is 8.36. The number of hydrogen-bond donors (Lipinski definition) is 3. The number of carbonyl (C=O) groups excluding carboxylic acids is 7. The summed E-state index contributed by atoms with van der Waals surface area (Å²) in [5.41, 5.74) is -0.415. The first kappa shape index (κ1) is 55.8. The minimum absolute atomic E-state index is 0.00458. The van der Waals surface area contributed by atoms with Gasteiger partial charge in [0.2, 0.25) is 12.3 Å². The van der Waals surface area contributed by atoms with Crippen molar-refractivity contribution in [2.75, 3.05) is 20.4 Å². The van der Waals surface area contributed by atoms with E-state index in [1.54, 1.807) is 68.4 Å². The summed E-state index contributed by atoms with van der Waals surface area (Å²) in [5, 5.41) is 8.26. The van der Waals surface area contributed by atoms with Crippen LogP contribution in [0.4, 0.5) is 13.2 Å². The number of nitrogens with zero attached hydrogens (tertiary/aromatic N) is 1. The van der Waals surface area contributed by atoms with E-state index in [0.29, 0.717) is 35.1 Å². The monoisotopic (exact) mass is 1010 g/mol. The van der Waals surface area contributed by atoms with Gasteiger partial charge in [0.25, 0.3) is 11.8 Å². The summed E-state index contributed by atoms with van der Waals surface area (Å²) in [6.45, 7) is 4.77. The van der Waals surface area contributed by atoms with Crippen molar-refractivity contribution in [1.29, 1.82) is 0 Å². The number of rotatable bonds is 27. The lowest BCUT2D eigenvalue weighted by atomic mass is 9.90. The quantitative estimate of drug-likeness (QED) is 0.0148.